The van der Waals surface area contributed by atoms with Crippen molar-refractivity contribution in [2.45, 2.75) is 26.8 Å². The summed E-state index contributed by atoms with van der Waals surface area (Å²) in [4.78, 5) is 13.5. The molecule has 1 fully saturated rings. The lowest BCUT2D eigenvalue weighted by Crippen LogP contribution is -2.21. The smallest absolute Gasteiger partial charge is 0.159 e. The summed E-state index contributed by atoms with van der Waals surface area (Å²) >= 11 is 0. The number of Topliss-reactive ketones (excluding diaryl/α,β-unsaturated/α-hetero) is 1. The Labute approximate surface area is 108 Å². The Morgan fingerprint density at radius 3 is 2.72 bits per heavy atom. The second-order valence-electron chi connectivity index (χ2n) is 5.57. The summed E-state index contributed by atoms with van der Waals surface area (Å²) in [7, 11) is 2.06. The molecule has 1 aliphatic rings. The molecule has 18 heavy (non-hydrogen) atoms. The Morgan fingerprint density at radius 2 is 2.17 bits per heavy atom. The largest absolute Gasteiger partial charge is 0.508 e. The fraction of sp³-hybridized carbons (Fsp3) is 0.533. The van der Waals surface area contributed by atoms with Crippen LogP contribution in [-0.2, 0) is 6.54 Å². The number of carbonyl (C=O) groups is 1. The van der Waals surface area contributed by atoms with Gasteiger partial charge < -0.3 is 10.0 Å². The summed E-state index contributed by atoms with van der Waals surface area (Å²) in [5.74, 6) is 1.95. The van der Waals surface area contributed by atoms with Crippen molar-refractivity contribution >= 4 is 5.78 Å². The molecule has 1 saturated carbocycles. The van der Waals surface area contributed by atoms with E-state index in [0.29, 0.717) is 12.1 Å². The number of aromatic hydroxyl groups is 1. The van der Waals surface area contributed by atoms with Crippen LogP contribution in [0, 0.1) is 11.8 Å². The third kappa shape index (κ3) is 3.10. The van der Waals surface area contributed by atoms with Crippen molar-refractivity contribution in [3.05, 3.63) is 29.3 Å². The van der Waals surface area contributed by atoms with Crippen LogP contribution in [0.3, 0.4) is 0 Å². The number of phenolic OH excluding ortho intramolecular Hbond substituents is 1. The average Bonchev–Trinajstić information content (AvgIpc) is 2.97. The van der Waals surface area contributed by atoms with E-state index >= 15 is 0 Å². The lowest BCUT2D eigenvalue weighted by atomic mass is 10.1. The summed E-state index contributed by atoms with van der Waals surface area (Å²) < 4.78 is 0. The van der Waals surface area contributed by atoms with Crippen molar-refractivity contribution in [3.63, 3.8) is 0 Å². The van der Waals surface area contributed by atoms with E-state index in [1.165, 1.54) is 6.42 Å². The molecule has 2 atom stereocenters. The molecule has 0 bridgehead atoms. The molecule has 3 heteroatoms. The molecule has 2 rings (SSSR count). The van der Waals surface area contributed by atoms with Crippen LogP contribution >= 0.6 is 0 Å². The maximum atomic E-state index is 11.3. The summed E-state index contributed by atoms with van der Waals surface area (Å²) in [6, 6.07) is 5.08. The van der Waals surface area contributed by atoms with Gasteiger partial charge >= 0.3 is 0 Å². The third-order valence-electron chi connectivity index (χ3n) is 3.75. The number of benzene rings is 1. The first-order valence-corrected chi connectivity index (χ1v) is 6.48. The van der Waals surface area contributed by atoms with Gasteiger partial charge in [0.2, 0.25) is 0 Å². The van der Waals surface area contributed by atoms with E-state index < -0.39 is 0 Å². The molecule has 0 amide bonds. The number of hydrogen-bond acceptors (Lipinski definition) is 3. The van der Waals surface area contributed by atoms with Crippen molar-refractivity contribution in [2.24, 2.45) is 11.8 Å². The van der Waals surface area contributed by atoms with Crippen molar-refractivity contribution < 1.29 is 9.90 Å². The van der Waals surface area contributed by atoms with E-state index in [9.17, 15) is 9.90 Å². The molecule has 1 aromatic rings. The van der Waals surface area contributed by atoms with Gasteiger partial charge in [-0.1, -0.05) is 6.92 Å². The lowest BCUT2D eigenvalue weighted by molar-refractivity contribution is 0.101. The highest BCUT2D eigenvalue weighted by molar-refractivity contribution is 5.94. The predicted molar refractivity (Wildman–Crippen MR) is 71.7 cm³/mol. The van der Waals surface area contributed by atoms with Crippen LogP contribution in [0.1, 0.15) is 36.2 Å². The molecule has 0 radical (unpaired) electrons. The molecule has 0 spiro atoms. The minimum absolute atomic E-state index is 0.0368. The Bertz CT molecular complexity index is 456. The zero-order valence-electron chi connectivity index (χ0n) is 11.3. The first-order valence-electron chi connectivity index (χ1n) is 6.48. The average molecular weight is 247 g/mol. The molecule has 1 N–H and O–H groups in total. The second-order valence-corrected chi connectivity index (χ2v) is 5.57. The maximum Gasteiger partial charge on any atom is 0.159 e. The van der Waals surface area contributed by atoms with Gasteiger partial charge in [0.05, 0.1) is 0 Å². The molecular formula is C15H21NO2. The first-order chi connectivity index (χ1) is 8.47. The summed E-state index contributed by atoms with van der Waals surface area (Å²) in [5.41, 5.74) is 1.49. The number of nitrogens with zero attached hydrogens (tertiary/aromatic N) is 1. The number of phenols is 1. The minimum Gasteiger partial charge on any atom is -0.508 e. The standard InChI is InChI=1S/C15H21NO2/c1-10-6-13(10)8-16(3)9-14-7-12(11(2)17)4-5-15(14)18/h4-5,7,10,13,18H,6,8-9H2,1-3H3. The fourth-order valence-corrected chi connectivity index (χ4v) is 2.34. The zero-order valence-corrected chi connectivity index (χ0v) is 11.3. The number of hydrogen-bond donors (Lipinski definition) is 1. The molecule has 98 valence electrons. The molecule has 1 aliphatic carbocycles. The topological polar surface area (TPSA) is 40.5 Å². The normalized spacial score (nSPS) is 22.2. The molecule has 2 unspecified atom stereocenters. The minimum atomic E-state index is 0.0368. The number of ketones is 1. The van der Waals surface area contributed by atoms with Crippen LogP contribution in [0.4, 0.5) is 0 Å². The summed E-state index contributed by atoms with van der Waals surface area (Å²) in [6.07, 6.45) is 1.31. The molecule has 1 aromatic carbocycles. The summed E-state index contributed by atoms with van der Waals surface area (Å²) in [5, 5.41) is 9.83. The van der Waals surface area contributed by atoms with Gasteiger partial charge in [-0.25, -0.2) is 0 Å². The summed E-state index contributed by atoms with van der Waals surface area (Å²) in [6.45, 7) is 5.57. The van der Waals surface area contributed by atoms with E-state index in [4.69, 9.17) is 0 Å². The van der Waals surface area contributed by atoms with Gasteiger partial charge in [-0.05, 0) is 50.4 Å². The van der Waals surface area contributed by atoms with Crippen LogP contribution in [-0.4, -0.2) is 29.4 Å². The van der Waals surface area contributed by atoms with Crippen LogP contribution in [0.25, 0.3) is 0 Å². The van der Waals surface area contributed by atoms with Gasteiger partial charge in [0.15, 0.2) is 5.78 Å². The lowest BCUT2D eigenvalue weighted by Gasteiger charge is -2.17. The fourth-order valence-electron chi connectivity index (χ4n) is 2.34. The SMILES string of the molecule is CC(=O)c1ccc(O)c(CN(C)CC2CC2C)c1. The van der Waals surface area contributed by atoms with E-state index in [-0.39, 0.29) is 11.5 Å². The Kier molecular flexibility index (Phi) is 3.71. The van der Waals surface area contributed by atoms with Crippen LogP contribution in [0.2, 0.25) is 0 Å². The quantitative estimate of drug-likeness (QED) is 0.813. The molecule has 0 aliphatic heterocycles. The van der Waals surface area contributed by atoms with Crippen molar-refractivity contribution in [1.82, 2.24) is 4.90 Å². The number of carbonyl (C=O) groups excluding carboxylic acids is 1. The molecule has 3 nitrogen and oxygen atoms in total. The van der Waals surface area contributed by atoms with Gasteiger partial charge in [-0.15, -0.1) is 0 Å². The second kappa shape index (κ2) is 5.11. The van der Waals surface area contributed by atoms with Crippen molar-refractivity contribution in [2.75, 3.05) is 13.6 Å². The maximum absolute atomic E-state index is 11.3. The van der Waals surface area contributed by atoms with E-state index in [1.54, 1.807) is 25.1 Å². The van der Waals surface area contributed by atoms with Crippen LogP contribution < -0.4 is 0 Å². The van der Waals surface area contributed by atoms with Gasteiger partial charge in [-0.3, -0.25) is 4.79 Å². The van der Waals surface area contributed by atoms with E-state index in [1.807, 2.05) is 0 Å². The first kappa shape index (κ1) is 13.1. The molecule has 0 aromatic heterocycles. The monoisotopic (exact) mass is 247 g/mol. The van der Waals surface area contributed by atoms with Gasteiger partial charge in [0.1, 0.15) is 5.75 Å². The Balaban J connectivity index is 2.02. The van der Waals surface area contributed by atoms with Crippen molar-refractivity contribution in [1.29, 1.82) is 0 Å². The van der Waals surface area contributed by atoms with Gasteiger partial charge in [0, 0.05) is 24.2 Å². The van der Waals surface area contributed by atoms with E-state index in [2.05, 4.69) is 18.9 Å². The van der Waals surface area contributed by atoms with E-state index in [0.717, 1.165) is 23.9 Å². The van der Waals surface area contributed by atoms with Crippen molar-refractivity contribution in [3.8, 4) is 5.75 Å². The Morgan fingerprint density at radius 1 is 1.50 bits per heavy atom. The highest BCUT2D eigenvalue weighted by Gasteiger charge is 2.33. The molecule has 0 saturated heterocycles. The highest BCUT2D eigenvalue weighted by atomic mass is 16.3. The van der Waals surface area contributed by atoms with Crippen LogP contribution in [0.15, 0.2) is 18.2 Å². The van der Waals surface area contributed by atoms with Gasteiger partial charge in [0.25, 0.3) is 0 Å². The number of rotatable bonds is 5. The zero-order chi connectivity index (χ0) is 13.3. The Hall–Kier alpha value is -1.35. The van der Waals surface area contributed by atoms with Gasteiger partial charge in [-0.2, -0.15) is 0 Å². The predicted octanol–water partition coefficient (Wildman–Crippen LogP) is 2.68. The molecular weight excluding hydrogens is 226 g/mol. The van der Waals surface area contributed by atoms with Crippen LogP contribution in [0.5, 0.6) is 5.75 Å². The third-order valence-corrected chi connectivity index (χ3v) is 3.75. The highest BCUT2D eigenvalue weighted by Crippen LogP contribution is 2.38. The molecule has 0 heterocycles.